The second-order valence-corrected chi connectivity index (χ2v) is 6.42. The van der Waals surface area contributed by atoms with E-state index in [0.717, 1.165) is 30.6 Å². The Morgan fingerprint density at radius 1 is 1.00 bits per heavy atom. The van der Waals surface area contributed by atoms with Gasteiger partial charge in [-0.05, 0) is 25.0 Å². The van der Waals surface area contributed by atoms with Crippen LogP contribution in [0.3, 0.4) is 0 Å². The molecule has 4 rings (SSSR count). The normalized spacial score (nSPS) is 21.5. The third-order valence-corrected chi connectivity index (χ3v) is 5.20. The fraction of sp³-hybridized carbons (Fsp3) is 0.588. The van der Waals surface area contributed by atoms with Crippen LogP contribution in [0.4, 0.5) is 5.95 Å². The smallest absolute Gasteiger partial charge is 0.206 e. The minimum Gasteiger partial charge on any atom is -0.340 e. The van der Waals surface area contributed by atoms with Crippen molar-refractivity contribution in [2.45, 2.75) is 31.7 Å². The molecule has 2 aliphatic rings. The van der Waals surface area contributed by atoms with Crippen molar-refractivity contribution in [2.24, 2.45) is 7.05 Å². The van der Waals surface area contributed by atoms with Crippen molar-refractivity contribution in [3.8, 4) is 0 Å². The largest absolute Gasteiger partial charge is 0.340 e. The van der Waals surface area contributed by atoms with Crippen LogP contribution < -0.4 is 4.90 Å². The fourth-order valence-electron chi connectivity index (χ4n) is 3.97. The number of hydrogen-bond acceptors (Lipinski definition) is 3. The van der Waals surface area contributed by atoms with E-state index in [0.29, 0.717) is 0 Å². The minimum atomic E-state index is 0.854. The number of benzene rings is 1. The molecule has 0 bridgehead atoms. The topological polar surface area (TPSA) is 24.3 Å². The summed E-state index contributed by atoms with van der Waals surface area (Å²) in [6.45, 7) is 4.59. The number of imidazole rings is 1. The van der Waals surface area contributed by atoms with Gasteiger partial charge in [-0.2, -0.15) is 0 Å². The molecule has 0 amide bonds. The van der Waals surface area contributed by atoms with Gasteiger partial charge in [-0.25, -0.2) is 4.98 Å². The van der Waals surface area contributed by atoms with E-state index >= 15 is 0 Å². The first-order valence-electron chi connectivity index (χ1n) is 8.23. The van der Waals surface area contributed by atoms with Crippen LogP contribution >= 0.6 is 0 Å². The van der Waals surface area contributed by atoms with Crippen molar-refractivity contribution in [3.05, 3.63) is 24.3 Å². The van der Waals surface area contributed by atoms with Crippen molar-refractivity contribution >= 4 is 17.0 Å². The van der Waals surface area contributed by atoms with E-state index in [4.69, 9.17) is 4.98 Å². The molecule has 1 aliphatic heterocycles. The van der Waals surface area contributed by atoms with Gasteiger partial charge in [0.25, 0.3) is 0 Å². The number of fused-ring (bicyclic) bond motifs is 1. The Kier molecular flexibility index (Phi) is 3.34. The van der Waals surface area contributed by atoms with E-state index in [-0.39, 0.29) is 0 Å². The maximum Gasteiger partial charge on any atom is 0.206 e. The van der Waals surface area contributed by atoms with E-state index in [1.165, 1.54) is 44.3 Å². The summed E-state index contributed by atoms with van der Waals surface area (Å²) in [4.78, 5) is 9.98. The predicted molar refractivity (Wildman–Crippen MR) is 86.8 cm³/mol. The third kappa shape index (κ3) is 2.31. The molecule has 1 aromatic heterocycles. The van der Waals surface area contributed by atoms with Gasteiger partial charge in [0.2, 0.25) is 5.95 Å². The molecule has 2 aromatic rings. The van der Waals surface area contributed by atoms with E-state index in [9.17, 15) is 0 Å². The zero-order valence-electron chi connectivity index (χ0n) is 12.8. The van der Waals surface area contributed by atoms with Crippen LogP contribution in [0.5, 0.6) is 0 Å². The summed E-state index contributed by atoms with van der Waals surface area (Å²) in [5.74, 6) is 1.13. The molecular formula is C17H24N4. The van der Waals surface area contributed by atoms with Crippen LogP contribution in [0.25, 0.3) is 11.0 Å². The first kappa shape index (κ1) is 13.1. The predicted octanol–water partition coefficient (Wildman–Crippen LogP) is 2.64. The summed E-state index contributed by atoms with van der Waals surface area (Å²) in [7, 11) is 2.13. The number of rotatable bonds is 2. The number of anilines is 1. The molecule has 1 saturated carbocycles. The number of para-hydroxylation sites is 2. The molecule has 2 heterocycles. The fourth-order valence-corrected chi connectivity index (χ4v) is 3.97. The van der Waals surface area contributed by atoms with Gasteiger partial charge < -0.3 is 9.47 Å². The van der Waals surface area contributed by atoms with Crippen LogP contribution in [0.1, 0.15) is 25.7 Å². The van der Waals surface area contributed by atoms with Gasteiger partial charge >= 0.3 is 0 Å². The van der Waals surface area contributed by atoms with Crippen LogP contribution in [0, 0.1) is 0 Å². The molecule has 0 radical (unpaired) electrons. The monoisotopic (exact) mass is 284 g/mol. The second-order valence-electron chi connectivity index (χ2n) is 6.42. The van der Waals surface area contributed by atoms with E-state index in [1.807, 2.05) is 0 Å². The molecule has 1 aromatic carbocycles. The lowest BCUT2D eigenvalue weighted by molar-refractivity contribution is 0.186. The minimum absolute atomic E-state index is 0.854. The molecule has 4 heteroatoms. The lowest BCUT2D eigenvalue weighted by Gasteiger charge is -2.38. The van der Waals surface area contributed by atoms with Gasteiger partial charge in [-0.1, -0.05) is 25.0 Å². The van der Waals surface area contributed by atoms with Crippen LogP contribution in [-0.2, 0) is 7.05 Å². The van der Waals surface area contributed by atoms with Gasteiger partial charge in [-0.3, -0.25) is 4.90 Å². The summed E-state index contributed by atoms with van der Waals surface area (Å²) in [5.41, 5.74) is 2.33. The average Bonchev–Trinajstić information content (AvgIpc) is 3.17. The molecule has 112 valence electrons. The Labute approximate surface area is 126 Å². The third-order valence-electron chi connectivity index (χ3n) is 5.20. The first-order valence-corrected chi connectivity index (χ1v) is 8.23. The molecule has 21 heavy (non-hydrogen) atoms. The standard InChI is InChI=1S/C17H24N4/c1-19-16-9-5-4-8-15(16)18-17(19)21-12-10-20(11-13-21)14-6-2-3-7-14/h4-5,8-9,14H,2-3,6-7,10-13H2,1H3. The first-order chi connectivity index (χ1) is 10.3. The summed E-state index contributed by atoms with van der Waals surface area (Å²) >= 11 is 0. The lowest BCUT2D eigenvalue weighted by Crippen LogP contribution is -2.50. The highest BCUT2D eigenvalue weighted by Crippen LogP contribution is 2.26. The number of nitrogens with zero attached hydrogens (tertiary/aromatic N) is 4. The Hall–Kier alpha value is -1.55. The van der Waals surface area contributed by atoms with Crippen molar-refractivity contribution < 1.29 is 0 Å². The van der Waals surface area contributed by atoms with Gasteiger partial charge in [0.1, 0.15) is 0 Å². The van der Waals surface area contributed by atoms with Crippen LogP contribution in [0.2, 0.25) is 0 Å². The number of piperazine rings is 1. The number of hydrogen-bond donors (Lipinski definition) is 0. The highest BCUT2D eigenvalue weighted by Gasteiger charge is 2.27. The van der Waals surface area contributed by atoms with Gasteiger partial charge in [0.05, 0.1) is 11.0 Å². The van der Waals surface area contributed by atoms with Crippen molar-refractivity contribution in [1.82, 2.24) is 14.5 Å². The Bertz CT molecular complexity index is 619. The Morgan fingerprint density at radius 2 is 1.71 bits per heavy atom. The molecule has 2 fully saturated rings. The lowest BCUT2D eigenvalue weighted by atomic mass is 10.2. The molecule has 0 N–H and O–H groups in total. The summed E-state index contributed by atoms with van der Waals surface area (Å²) in [6.07, 6.45) is 5.67. The van der Waals surface area contributed by atoms with Gasteiger partial charge in [0, 0.05) is 39.3 Å². The zero-order chi connectivity index (χ0) is 14.2. The zero-order valence-corrected chi connectivity index (χ0v) is 12.8. The average molecular weight is 284 g/mol. The van der Waals surface area contributed by atoms with Crippen LogP contribution in [-0.4, -0.2) is 46.7 Å². The maximum absolute atomic E-state index is 4.83. The molecule has 0 atom stereocenters. The molecule has 1 aliphatic carbocycles. The van der Waals surface area contributed by atoms with Gasteiger partial charge in [0.15, 0.2) is 0 Å². The van der Waals surface area contributed by atoms with Gasteiger partial charge in [-0.15, -0.1) is 0 Å². The second kappa shape index (κ2) is 5.34. The molecular weight excluding hydrogens is 260 g/mol. The summed E-state index contributed by atoms with van der Waals surface area (Å²) in [5, 5.41) is 0. The molecule has 0 unspecified atom stereocenters. The highest BCUT2D eigenvalue weighted by atomic mass is 15.4. The number of aromatic nitrogens is 2. The van der Waals surface area contributed by atoms with Crippen molar-refractivity contribution in [3.63, 3.8) is 0 Å². The SMILES string of the molecule is Cn1c(N2CCN(C3CCCC3)CC2)nc2ccccc21. The Morgan fingerprint density at radius 3 is 2.43 bits per heavy atom. The van der Waals surface area contributed by atoms with Crippen molar-refractivity contribution in [1.29, 1.82) is 0 Å². The molecule has 0 spiro atoms. The molecule has 1 saturated heterocycles. The van der Waals surface area contributed by atoms with E-state index in [1.54, 1.807) is 0 Å². The highest BCUT2D eigenvalue weighted by molar-refractivity contribution is 5.78. The number of aryl methyl sites for hydroxylation is 1. The maximum atomic E-state index is 4.83. The quantitative estimate of drug-likeness (QED) is 0.847. The Balaban J connectivity index is 1.50. The van der Waals surface area contributed by atoms with Crippen molar-refractivity contribution in [2.75, 3.05) is 31.1 Å². The summed E-state index contributed by atoms with van der Waals surface area (Å²) in [6, 6.07) is 9.27. The van der Waals surface area contributed by atoms with E-state index in [2.05, 4.69) is 45.7 Å². The van der Waals surface area contributed by atoms with E-state index < -0.39 is 0 Å². The summed E-state index contributed by atoms with van der Waals surface area (Å²) < 4.78 is 2.24. The van der Waals surface area contributed by atoms with Crippen LogP contribution in [0.15, 0.2) is 24.3 Å². The molecule has 4 nitrogen and oxygen atoms in total.